The molecule has 1 heterocycles. The van der Waals surface area contributed by atoms with Crippen LogP contribution in [0.15, 0.2) is 18.2 Å². The molecule has 0 aliphatic carbocycles. The van der Waals surface area contributed by atoms with Gasteiger partial charge in [-0.3, -0.25) is 0 Å². The Balaban J connectivity index is 0.00000103. The first kappa shape index (κ1) is 15.1. The fraction of sp³-hybridized carbons (Fsp3) is 0.571. The van der Waals surface area contributed by atoms with Crippen LogP contribution in [0.2, 0.25) is 0 Å². The first-order valence-electron chi connectivity index (χ1n) is 6.55. The van der Waals surface area contributed by atoms with Crippen LogP contribution in [0.5, 0.6) is 0 Å². The van der Waals surface area contributed by atoms with Gasteiger partial charge in [0.25, 0.3) is 0 Å². The van der Waals surface area contributed by atoms with E-state index < -0.39 is 11.6 Å². The summed E-state index contributed by atoms with van der Waals surface area (Å²) in [5, 5.41) is 6.49. The summed E-state index contributed by atoms with van der Waals surface area (Å²) >= 11 is 0. The van der Waals surface area contributed by atoms with Crippen molar-refractivity contribution in [1.82, 2.24) is 10.6 Å². The van der Waals surface area contributed by atoms with Crippen LogP contribution in [0.25, 0.3) is 0 Å². The normalized spacial score (nSPS) is 23.2. The molecule has 0 saturated carbocycles. The van der Waals surface area contributed by atoms with E-state index in [1.807, 2.05) is 20.9 Å². The lowest BCUT2D eigenvalue weighted by Crippen LogP contribution is -2.40. The number of rotatable bonds is 2. The zero-order chi connectivity index (χ0) is 13.5. The minimum absolute atomic E-state index is 0. The van der Waals surface area contributed by atoms with Crippen molar-refractivity contribution in [3.63, 3.8) is 0 Å². The highest BCUT2D eigenvalue weighted by molar-refractivity contribution is 5.22. The van der Waals surface area contributed by atoms with Crippen LogP contribution < -0.4 is 10.6 Å². The average molecular weight is 258 g/mol. The van der Waals surface area contributed by atoms with E-state index in [4.69, 9.17) is 0 Å². The molecular formula is C14H24F2N2. The van der Waals surface area contributed by atoms with Crippen LogP contribution in [0.4, 0.5) is 8.78 Å². The summed E-state index contributed by atoms with van der Waals surface area (Å²) in [6.45, 7) is 4.87. The topological polar surface area (TPSA) is 24.1 Å². The van der Waals surface area contributed by atoms with Crippen molar-refractivity contribution in [3.8, 4) is 0 Å². The van der Waals surface area contributed by atoms with E-state index in [9.17, 15) is 8.78 Å². The van der Waals surface area contributed by atoms with Crippen molar-refractivity contribution in [3.05, 3.63) is 35.4 Å². The summed E-state index contributed by atoms with van der Waals surface area (Å²) < 4.78 is 26.2. The van der Waals surface area contributed by atoms with Crippen molar-refractivity contribution in [2.24, 2.45) is 0 Å². The Bertz CT molecular complexity index is 354. The zero-order valence-electron chi connectivity index (χ0n) is 11.3. The van der Waals surface area contributed by atoms with Gasteiger partial charge in [0.2, 0.25) is 0 Å². The van der Waals surface area contributed by atoms with Gasteiger partial charge < -0.3 is 10.6 Å². The molecule has 2 nitrogen and oxygen atoms in total. The zero-order valence-corrected chi connectivity index (χ0v) is 11.3. The summed E-state index contributed by atoms with van der Waals surface area (Å²) in [5.74, 6) is -1.02. The summed E-state index contributed by atoms with van der Waals surface area (Å²) in [6, 6.07) is 4.16. The molecule has 0 unspecified atom stereocenters. The van der Waals surface area contributed by atoms with Crippen LogP contribution in [0.3, 0.4) is 0 Å². The molecule has 0 spiro atoms. The molecule has 2 N–H and O–H groups in total. The monoisotopic (exact) mass is 258 g/mol. The minimum Gasteiger partial charge on any atom is -0.317 e. The second-order valence-electron chi connectivity index (χ2n) is 4.22. The van der Waals surface area contributed by atoms with Gasteiger partial charge in [-0.15, -0.1) is 0 Å². The Morgan fingerprint density at radius 1 is 1.22 bits per heavy atom. The quantitative estimate of drug-likeness (QED) is 0.851. The fourth-order valence-corrected chi connectivity index (χ4v) is 2.21. The van der Waals surface area contributed by atoms with Crippen molar-refractivity contribution >= 4 is 0 Å². The van der Waals surface area contributed by atoms with Gasteiger partial charge in [0.05, 0.1) is 0 Å². The smallest absolute Gasteiger partial charge is 0.126 e. The van der Waals surface area contributed by atoms with Gasteiger partial charge in [0.15, 0.2) is 0 Å². The molecule has 0 amide bonds. The van der Waals surface area contributed by atoms with Crippen molar-refractivity contribution in [2.75, 3.05) is 13.6 Å². The molecule has 1 aliphatic rings. The number of hydrogen-bond donors (Lipinski definition) is 2. The number of nitrogens with one attached hydrogen (secondary N) is 2. The van der Waals surface area contributed by atoms with Gasteiger partial charge >= 0.3 is 0 Å². The van der Waals surface area contributed by atoms with Crippen molar-refractivity contribution < 1.29 is 10.2 Å². The maximum absolute atomic E-state index is 13.1. The van der Waals surface area contributed by atoms with Gasteiger partial charge in [-0.25, -0.2) is 8.78 Å². The van der Waals surface area contributed by atoms with E-state index in [2.05, 4.69) is 10.6 Å². The molecule has 4 heteroatoms. The minimum atomic E-state index is -0.511. The molecule has 0 radical (unpaired) electrons. The third-order valence-electron chi connectivity index (χ3n) is 3.10. The predicted octanol–water partition coefficient (Wildman–Crippen LogP) is 3.25. The van der Waals surface area contributed by atoms with Gasteiger partial charge in [-0.2, -0.15) is 0 Å². The van der Waals surface area contributed by atoms with Crippen LogP contribution in [-0.4, -0.2) is 19.6 Å². The first-order valence-corrected chi connectivity index (χ1v) is 6.55. The second kappa shape index (κ2) is 7.44. The summed E-state index contributed by atoms with van der Waals surface area (Å²) in [6.07, 6.45) is 1.91. The highest BCUT2D eigenvalue weighted by atomic mass is 19.1. The van der Waals surface area contributed by atoms with Crippen LogP contribution in [0.1, 0.15) is 39.7 Å². The molecule has 2 rings (SSSR count). The molecule has 1 aliphatic heterocycles. The van der Waals surface area contributed by atoms with E-state index in [0.29, 0.717) is 11.6 Å². The average Bonchev–Trinajstić information content (AvgIpc) is 2.40. The maximum atomic E-state index is 13.1. The predicted molar refractivity (Wildman–Crippen MR) is 72.6 cm³/mol. The number of piperidine rings is 1. The lowest BCUT2D eigenvalue weighted by molar-refractivity contribution is 0.335. The van der Waals surface area contributed by atoms with E-state index in [1.54, 1.807) is 0 Å². The van der Waals surface area contributed by atoms with Crippen LogP contribution in [0, 0.1) is 11.6 Å². The molecule has 0 aromatic heterocycles. The Hall–Kier alpha value is -1.00. The van der Waals surface area contributed by atoms with E-state index in [1.165, 1.54) is 12.1 Å². The molecule has 2 atom stereocenters. The third kappa shape index (κ3) is 4.03. The largest absolute Gasteiger partial charge is 0.317 e. The molecule has 104 valence electrons. The van der Waals surface area contributed by atoms with E-state index >= 15 is 0 Å². The van der Waals surface area contributed by atoms with Gasteiger partial charge in [-0.05, 0) is 44.1 Å². The van der Waals surface area contributed by atoms with Crippen molar-refractivity contribution in [1.29, 1.82) is 0 Å². The number of benzene rings is 1. The number of hydrogen-bond acceptors (Lipinski definition) is 2. The Kier molecular flexibility index (Phi) is 6.22. The Morgan fingerprint density at radius 2 is 1.83 bits per heavy atom. The van der Waals surface area contributed by atoms with Crippen LogP contribution >= 0.6 is 0 Å². The Morgan fingerprint density at radius 3 is 2.39 bits per heavy atom. The SMILES string of the molecule is CC.CN[C@@H]1CCN[C@H](c2cc(F)cc(F)c2)C1.[HH]. The molecule has 1 aromatic rings. The maximum Gasteiger partial charge on any atom is 0.126 e. The van der Waals surface area contributed by atoms with Gasteiger partial charge in [0, 0.05) is 19.6 Å². The Labute approximate surface area is 109 Å². The molecule has 1 aromatic carbocycles. The molecular weight excluding hydrogens is 234 g/mol. The standard InChI is InChI=1S/C12H16F2N2.C2H6.H2/c1-15-11-2-3-16-12(7-11)8-4-9(13)6-10(14)5-8;1-2;/h4-6,11-12,15-16H,2-3,7H2,1H3;1-2H3;1H/t11-,12+;;/m1../s1. The van der Waals surface area contributed by atoms with E-state index in [0.717, 1.165) is 25.5 Å². The molecule has 1 saturated heterocycles. The van der Waals surface area contributed by atoms with Crippen LogP contribution in [-0.2, 0) is 0 Å². The lowest BCUT2D eigenvalue weighted by atomic mass is 9.94. The van der Waals surface area contributed by atoms with Gasteiger partial charge in [0.1, 0.15) is 11.6 Å². The first-order chi connectivity index (χ1) is 8.69. The lowest BCUT2D eigenvalue weighted by Gasteiger charge is -2.30. The summed E-state index contributed by atoms with van der Waals surface area (Å²) in [7, 11) is 1.92. The third-order valence-corrected chi connectivity index (χ3v) is 3.10. The molecule has 0 bridgehead atoms. The second-order valence-corrected chi connectivity index (χ2v) is 4.22. The molecule has 18 heavy (non-hydrogen) atoms. The highest BCUT2D eigenvalue weighted by Crippen LogP contribution is 2.24. The van der Waals surface area contributed by atoms with E-state index in [-0.39, 0.29) is 7.47 Å². The highest BCUT2D eigenvalue weighted by Gasteiger charge is 2.22. The summed E-state index contributed by atoms with van der Waals surface area (Å²) in [4.78, 5) is 0. The number of halogens is 2. The van der Waals surface area contributed by atoms with Gasteiger partial charge in [-0.1, -0.05) is 13.8 Å². The summed E-state index contributed by atoms with van der Waals surface area (Å²) in [5.41, 5.74) is 0.692. The fourth-order valence-electron chi connectivity index (χ4n) is 2.21. The van der Waals surface area contributed by atoms with Crippen molar-refractivity contribution in [2.45, 2.75) is 38.8 Å². The molecule has 1 fully saturated rings.